The summed E-state index contributed by atoms with van der Waals surface area (Å²) in [6.45, 7) is 0.370. The zero-order valence-corrected chi connectivity index (χ0v) is 4.29. The molecule has 0 fully saturated rings. The van der Waals surface area contributed by atoms with Gasteiger partial charge in [-0.05, 0) is 0 Å². The maximum Gasteiger partial charge on any atom is 0.195 e. The molecule has 0 amide bonds. The summed E-state index contributed by atoms with van der Waals surface area (Å²) in [5.74, 6) is 0.0127. The molecular weight excluding hydrogens is 106 g/mol. The van der Waals surface area contributed by atoms with E-state index < -0.39 is 0 Å². The Kier molecular flexibility index (Phi) is 1.07. The van der Waals surface area contributed by atoms with Gasteiger partial charge in [0.15, 0.2) is 12.7 Å². The fourth-order valence-electron chi connectivity index (χ4n) is 0.433. The molecule has 0 aliphatic carbocycles. The predicted molar refractivity (Wildman–Crippen MR) is 28.8 cm³/mol. The minimum absolute atomic E-state index is 0.0127. The summed E-state index contributed by atoms with van der Waals surface area (Å²) < 4.78 is 4.74. The smallest absolute Gasteiger partial charge is 0.195 e. The van der Waals surface area contributed by atoms with E-state index >= 15 is 0 Å². The minimum atomic E-state index is 0.0127. The van der Waals surface area contributed by atoms with Gasteiger partial charge in [-0.15, -0.1) is 0 Å². The lowest BCUT2D eigenvalue weighted by Gasteiger charge is -2.08. The number of guanidine groups is 1. The molecule has 1 aliphatic heterocycles. The highest BCUT2D eigenvalue weighted by Gasteiger charge is 2.05. The fraction of sp³-hybridized carbons (Fsp3) is 0.250. The van der Waals surface area contributed by atoms with Crippen LogP contribution in [0.4, 0.5) is 0 Å². The van der Waals surface area contributed by atoms with Crippen molar-refractivity contribution >= 4 is 5.96 Å². The topological polar surface area (TPSA) is 62.3 Å². The number of hydrogen-bond donors (Lipinski definition) is 2. The molecule has 4 heteroatoms. The molecule has 1 heterocycles. The van der Waals surface area contributed by atoms with Crippen molar-refractivity contribution in [3.63, 3.8) is 0 Å². The van der Waals surface area contributed by atoms with Crippen molar-refractivity contribution in [2.24, 2.45) is 5.73 Å². The molecule has 4 nitrogen and oxygen atoms in total. The molecule has 1 aliphatic rings. The van der Waals surface area contributed by atoms with Crippen molar-refractivity contribution in [1.29, 1.82) is 5.41 Å². The van der Waals surface area contributed by atoms with Gasteiger partial charge in [0.25, 0.3) is 0 Å². The third-order valence-electron chi connectivity index (χ3n) is 0.860. The van der Waals surface area contributed by atoms with Gasteiger partial charge in [-0.3, -0.25) is 10.3 Å². The Balaban J connectivity index is 2.48. The number of rotatable bonds is 0. The van der Waals surface area contributed by atoms with E-state index in [1.54, 1.807) is 6.20 Å². The summed E-state index contributed by atoms with van der Waals surface area (Å²) in [5.41, 5.74) is 5.08. The van der Waals surface area contributed by atoms with Gasteiger partial charge in [0.2, 0.25) is 0 Å². The molecule has 0 radical (unpaired) electrons. The van der Waals surface area contributed by atoms with Crippen LogP contribution in [-0.2, 0) is 4.74 Å². The molecule has 8 heavy (non-hydrogen) atoms. The van der Waals surface area contributed by atoms with Crippen molar-refractivity contribution in [3.05, 3.63) is 12.5 Å². The van der Waals surface area contributed by atoms with E-state index in [0.29, 0.717) is 6.73 Å². The Bertz CT molecular complexity index is 131. The highest BCUT2D eigenvalue weighted by atomic mass is 16.5. The first-order chi connectivity index (χ1) is 3.80. The molecule has 0 saturated carbocycles. The van der Waals surface area contributed by atoms with E-state index in [1.165, 1.54) is 11.2 Å². The summed E-state index contributed by atoms with van der Waals surface area (Å²) >= 11 is 0. The highest BCUT2D eigenvalue weighted by Crippen LogP contribution is 1.97. The average molecular weight is 113 g/mol. The van der Waals surface area contributed by atoms with Crippen molar-refractivity contribution in [1.82, 2.24) is 4.90 Å². The van der Waals surface area contributed by atoms with Gasteiger partial charge < -0.3 is 10.5 Å². The Morgan fingerprint density at radius 2 is 2.62 bits per heavy atom. The van der Waals surface area contributed by atoms with Crippen LogP contribution in [0.5, 0.6) is 0 Å². The van der Waals surface area contributed by atoms with E-state index in [0.717, 1.165) is 0 Å². The van der Waals surface area contributed by atoms with Crippen LogP contribution in [0.15, 0.2) is 12.5 Å². The van der Waals surface area contributed by atoms with Crippen molar-refractivity contribution in [3.8, 4) is 0 Å². The number of nitrogens with zero attached hydrogens (tertiary/aromatic N) is 1. The van der Waals surface area contributed by atoms with Crippen molar-refractivity contribution < 1.29 is 4.74 Å². The lowest BCUT2D eigenvalue weighted by atomic mass is 10.8. The molecule has 0 aromatic rings. The second-order valence-corrected chi connectivity index (χ2v) is 1.44. The van der Waals surface area contributed by atoms with E-state index in [2.05, 4.69) is 0 Å². The summed E-state index contributed by atoms with van der Waals surface area (Å²) in [7, 11) is 0. The first kappa shape index (κ1) is 4.96. The van der Waals surface area contributed by atoms with E-state index in [-0.39, 0.29) is 5.96 Å². The van der Waals surface area contributed by atoms with Crippen molar-refractivity contribution in [2.45, 2.75) is 0 Å². The number of hydrogen-bond acceptors (Lipinski definition) is 2. The molecule has 44 valence electrons. The van der Waals surface area contributed by atoms with Gasteiger partial charge in [0, 0.05) is 6.20 Å². The molecule has 1 rings (SSSR count). The third-order valence-corrected chi connectivity index (χ3v) is 0.860. The molecule has 0 spiro atoms. The number of nitrogens with two attached hydrogens (primary N) is 1. The number of ether oxygens (including phenoxy) is 1. The molecule has 0 bridgehead atoms. The monoisotopic (exact) mass is 113 g/mol. The molecule has 0 aromatic carbocycles. The normalized spacial score (nSPS) is 16.2. The zero-order valence-electron chi connectivity index (χ0n) is 4.29. The largest absolute Gasteiger partial charge is 0.479 e. The molecule has 0 aromatic heterocycles. The predicted octanol–water partition coefficient (Wildman–Crippen LogP) is -0.359. The van der Waals surface area contributed by atoms with Gasteiger partial charge in [-0.25, -0.2) is 0 Å². The second kappa shape index (κ2) is 1.73. The molecule has 0 saturated heterocycles. The Labute approximate surface area is 47.0 Å². The molecule has 0 atom stereocenters. The summed E-state index contributed by atoms with van der Waals surface area (Å²) in [5, 5.41) is 6.86. The fourth-order valence-corrected chi connectivity index (χ4v) is 0.433. The zero-order chi connectivity index (χ0) is 5.98. The maximum atomic E-state index is 6.86. The Morgan fingerprint density at radius 3 is 2.88 bits per heavy atom. The SMILES string of the molecule is N=C(N)N1C=COC1. The molecule has 3 N–H and O–H groups in total. The third kappa shape index (κ3) is 0.726. The first-order valence-corrected chi connectivity index (χ1v) is 2.19. The van der Waals surface area contributed by atoms with Crippen LogP contribution in [0, 0.1) is 5.41 Å². The van der Waals surface area contributed by atoms with Crippen LogP contribution in [0.25, 0.3) is 0 Å². The van der Waals surface area contributed by atoms with Gasteiger partial charge >= 0.3 is 0 Å². The van der Waals surface area contributed by atoms with Gasteiger partial charge in [-0.1, -0.05) is 0 Å². The maximum absolute atomic E-state index is 6.86. The van der Waals surface area contributed by atoms with Gasteiger partial charge in [0.1, 0.15) is 6.26 Å². The first-order valence-electron chi connectivity index (χ1n) is 2.19. The quantitative estimate of drug-likeness (QED) is 0.333. The second-order valence-electron chi connectivity index (χ2n) is 1.44. The molecular formula is C4H7N3O. The Hall–Kier alpha value is -1.19. The van der Waals surface area contributed by atoms with Crippen LogP contribution in [0.1, 0.15) is 0 Å². The standard InChI is InChI=1S/C4H7N3O/c5-4(6)7-1-2-8-3-7/h1-2H,3H2,(H3,5,6). The summed E-state index contributed by atoms with van der Waals surface area (Å²) in [6, 6.07) is 0. The van der Waals surface area contributed by atoms with Crippen molar-refractivity contribution in [2.75, 3.05) is 6.73 Å². The lowest BCUT2D eigenvalue weighted by Crippen LogP contribution is -2.30. The van der Waals surface area contributed by atoms with Crippen LogP contribution in [0.2, 0.25) is 0 Å². The lowest BCUT2D eigenvalue weighted by molar-refractivity contribution is 0.214. The van der Waals surface area contributed by atoms with E-state index in [1.807, 2.05) is 0 Å². The minimum Gasteiger partial charge on any atom is -0.479 e. The number of nitrogens with one attached hydrogen (secondary N) is 1. The van der Waals surface area contributed by atoms with E-state index in [9.17, 15) is 0 Å². The van der Waals surface area contributed by atoms with Crippen LogP contribution >= 0.6 is 0 Å². The van der Waals surface area contributed by atoms with Crippen LogP contribution < -0.4 is 5.73 Å². The molecule has 0 unspecified atom stereocenters. The highest BCUT2D eigenvalue weighted by molar-refractivity contribution is 5.75. The van der Waals surface area contributed by atoms with Crippen LogP contribution in [-0.4, -0.2) is 17.6 Å². The average Bonchev–Trinajstić information content (AvgIpc) is 2.12. The summed E-state index contributed by atoms with van der Waals surface area (Å²) in [6.07, 6.45) is 3.11. The Morgan fingerprint density at radius 1 is 1.88 bits per heavy atom. The van der Waals surface area contributed by atoms with Gasteiger partial charge in [-0.2, -0.15) is 0 Å². The van der Waals surface area contributed by atoms with Crippen LogP contribution in [0.3, 0.4) is 0 Å². The van der Waals surface area contributed by atoms with Gasteiger partial charge in [0.05, 0.1) is 0 Å². The van der Waals surface area contributed by atoms with E-state index in [4.69, 9.17) is 15.9 Å². The summed E-state index contributed by atoms with van der Waals surface area (Å²) in [4.78, 5) is 1.49.